The third kappa shape index (κ3) is 3.98. The van der Waals surface area contributed by atoms with E-state index >= 15 is 0 Å². The van der Waals surface area contributed by atoms with Crippen LogP contribution in [0.3, 0.4) is 0 Å². The highest BCUT2D eigenvalue weighted by Gasteiger charge is 2.14. The number of rotatable bonds is 5. The number of nitrogens with one attached hydrogen (secondary N) is 2. The fraction of sp³-hybridized carbons (Fsp3) is 0.211. The highest BCUT2D eigenvalue weighted by Crippen LogP contribution is 2.18. The summed E-state index contributed by atoms with van der Waals surface area (Å²) in [4.78, 5) is 15.2. The first-order valence-corrected chi connectivity index (χ1v) is 10.0. The number of aromatic nitrogens is 1. The van der Waals surface area contributed by atoms with E-state index in [9.17, 15) is 13.2 Å². The number of pyridine rings is 1. The highest BCUT2D eigenvalue weighted by molar-refractivity contribution is 7.89. The van der Waals surface area contributed by atoms with Gasteiger partial charge in [-0.05, 0) is 73.2 Å². The number of halogens is 1. The van der Waals surface area contributed by atoms with Crippen LogP contribution in [-0.2, 0) is 16.4 Å². The van der Waals surface area contributed by atoms with Crippen LogP contribution in [0.1, 0.15) is 16.7 Å². The number of hydrogen-bond donors (Lipinski definition) is 2. The van der Waals surface area contributed by atoms with E-state index in [2.05, 4.69) is 9.71 Å². The van der Waals surface area contributed by atoms with Crippen LogP contribution in [0.2, 0.25) is 5.02 Å². The Morgan fingerprint density at radius 3 is 2.54 bits per heavy atom. The predicted octanol–water partition coefficient (Wildman–Crippen LogP) is 3.32. The molecule has 0 amide bonds. The number of sulfonamides is 1. The zero-order valence-electron chi connectivity index (χ0n) is 14.5. The van der Waals surface area contributed by atoms with Gasteiger partial charge in [-0.25, -0.2) is 13.1 Å². The Morgan fingerprint density at radius 2 is 1.81 bits per heavy atom. The molecule has 3 aromatic rings. The molecule has 0 saturated carbocycles. The molecule has 0 unspecified atom stereocenters. The largest absolute Gasteiger partial charge is 0.322 e. The number of hydrogen-bond acceptors (Lipinski definition) is 3. The summed E-state index contributed by atoms with van der Waals surface area (Å²) in [6.45, 7) is 4.12. The lowest BCUT2D eigenvalue weighted by atomic mass is 10.0. The number of H-pyrrole nitrogens is 1. The minimum absolute atomic E-state index is 0.100. The summed E-state index contributed by atoms with van der Waals surface area (Å²) in [7, 11) is -3.67. The molecule has 2 aromatic carbocycles. The van der Waals surface area contributed by atoms with Crippen LogP contribution in [-0.4, -0.2) is 19.9 Å². The predicted molar refractivity (Wildman–Crippen MR) is 104 cm³/mol. The standard InChI is InChI=1S/C19H19ClN2O3S/c1-12-8-15-10-14(19(23)22-18(15)9-13(12)2)6-7-21-26(24,25)17-5-3-4-16(20)11-17/h3-5,8-11,21H,6-7H2,1-2H3,(H,22,23). The fourth-order valence-corrected chi connectivity index (χ4v) is 4.08. The molecule has 1 heterocycles. The summed E-state index contributed by atoms with van der Waals surface area (Å²) >= 11 is 5.84. The zero-order valence-corrected chi connectivity index (χ0v) is 16.0. The second kappa shape index (κ2) is 7.23. The van der Waals surface area contributed by atoms with E-state index in [4.69, 9.17) is 11.6 Å². The molecular weight excluding hydrogens is 372 g/mol. The topological polar surface area (TPSA) is 79.0 Å². The molecule has 0 aliphatic carbocycles. The Labute approximate surface area is 157 Å². The molecule has 136 valence electrons. The summed E-state index contributed by atoms with van der Waals surface area (Å²) in [5.41, 5.74) is 3.35. The molecular formula is C19H19ClN2O3S. The van der Waals surface area contributed by atoms with Gasteiger partial charge < -0.3 is 4.98 Å². The molecule has 0 fully saturated rings. The van der Waals surface area contributed by atoms with Gasteiger partial charge in [0.25, 0.3) is 5.56 Å². The molecule has 0 atom stereocenters. The van der Waals surface area contributed by atoms with Crippen LogP contribution in [0, 0.1) is 13.8 Å². The monoisotopic (exact) mass is 390 g/mol. The third-order valence-corrected chi connectivity index (χ3v) is 6.02. The van der Waals surface area contributed by atoms with Gasteiger partial charge in [-0.3, -0.25) is 4.79 Å². The van der Waals surface area contributed by atoms with E-state index < -0.39 is 10.0 Å². The minimum atomic E-state index is -3.67. The number of benzene rings is 2. The van der Waals surface area contributed by atoms with Gasteiger partial charge in [0.15, 0.2) is 0 Å². The molecule has 5 nitrogen and oxygen atoms in total. The van der Waals surface area contributed by atoms with Gasteiger partial charge >= 0.3 is 0 Å². The van der Waals surface area contributed by atoms with Crippen LogP contribution >= 0.6 is 11.6 Å². The molecule has 3 rings (SSSR count). The van der Waals surface area contributed by atoms with E-state index in [1.807, 2.05) is 32.0 Å². The summed E-state index contributed by atoms with van der Waals surface area (Å²) in [6, 6.07) is 11.8. The summed E-state index contributed by atoms with van der Waals surface area (Å²) in [5, 5.41) is 1.28. The van der Waals surface area contributed by atoms with Crippen LogP contribution in [0.15, 0.2) is 52.2 Å². The Morgan fingerprint density at radius 1 is 1.08 bits per heavy atom. The van der Waals surface area contributed by atoms with E-state index in [0.717, 1.165) is 22.0 Å². The third-order valence-electron chi connectivity index (χ3n) is 4.33. The molecule has 0 aliphatic heterocycles. The first-order chi connectivity index (χ1) is 12.3. The van der Waals surface area contributed by atoms with Crippen molar-refractivity contribution in [3.63, 3.8) is 0 Å². The normalized spacial score (nSPS) is 11.8. The molecule has 0 bridgehead atoms. The fourth-order valence-electron chi connectivity index (χ4n) is 2.75. The van der Waals surface area contributed by atoms with Crippen LogP contribution < -0.4 is 10.3 Å². The van der Waals surface area contributed by atoms with Gasteiger partial charge in [-0.2, -0.15) is 0 Å². The zero-order chi connectivity index (χ0) is 18.9. The number of aryl methyl sites for hydroxylation is 2. The van der Waals surface area contributed by atoms with Crippen LogP contribution in [0.5, 0.6) is 0 Å². The van der Waals surface area contributed by atoms with Crippen molar-refractivity contribution in [1.82, 2.24) is 9.71 Å². The lowest BCUT2D eigenvalue weighted by molar-refractivity contribution is 0.581. The second-order valence-electron chi connectivity index (χ2n) is 6.25. The van der Waals surface area contributed by atoms with E-state index in [0.29, 0.717) is 10.6 Å². The van der Waals surface area contributed by atoms with Crippen molar-refractivity contribution in [3.8, 4) is 0 Å². The van der Waals surface area contributed by atoms with E-state index in [1.165, 1.54) is 12.1 Å². The van der Waals surface area contributed by atoms with Crippen LogP contribution in [0.4, 0.5) is 0 Å². The van der Waals surface area contributed by atoms with E-state index in [1.54, 1.807) is 12.1 Å². The lowest BCUT2D eigenvalue weighted by Gasteiger charge is -2.08. The Balaban J connectivity index is 1.78. The van der Waals surface area contributed by atoms with E-state index in [-0.39, 0.29) is 23.4 Å². The average molecular weight is 391 g/mol. The molecule has 0 aliphatic rings. The van der Waals surface area contributed by atoms with Gasteiger partial charge in [0.1, 0.15) is 0 Å². The first kappa shape index (κ1) is 18.6. The summed E-state index contributed by atoms with van der Waals surface area (Å²) in [6.07, 6.45) is 0.290. The molecule has 0 saturated heterocycles. The number of aromatic amines is 1. The maximum atomic E-state index is 12.3. The Bertz CT molecular complexity index is 1140. The summed E-state index contributed by atoms with van der Waals surface area (Å²) in [5.74, 6) is 0. The summed E-state index contributed by atoms with van der Waals surface area (Å²) < 4.78 is 27.1. The Kier molecular flexibility index (Phi) is 5.18. The maximum absolute atomic E-state index is 12.3. The number of fused-ring (bicyclic) bond motifs is 1. The second-order valence-corrected chi connectivity index (χ2v) is 8.46. The van der Waals surface area contributed by atoms with Crippen LogP contribution in [0.25, 0.3) is 10.9 Å². The SMILES string of the molecule is Cc1cc2cc(CCNS(=O)(=O)c3cccc(Cl)c3)c(=O)[nH]c2cc1C. The highest BCUT2D eigenvalue weighted by atomic mass is 35.5. The maximum Gasteiger partial charge on any atom is 0.251 e. The van der Waals surface area contributed by atoms with Crippen molar-refractivity contribution in [2.45, 2.75) is 25.2 Å². The van der Waals surface area contributed by atoms with Gasteiger partial charge in [-0.1, -0.05) is 17.7 Å². The van der Waals surface area contributed by atoms with Gasteiger partial charge in [0.2, 0.25) is 10.0 Å². The minimum Gasteiger partial charge on any atom is -0.322 e. The molecule has 26 heavy (non-hydrogen) atoms. The first-order valence-electron chi connectivity index (χ1n) is 8.15. The molecule has 0 spiro atoms. The average Bonchev–Trinajstić information content (AvgIpc) is 2.57. The lowest BCUT2D eigenvalue weighted by Crippen LogP contribution is -2.27. The van der Waals surface area contributed by atoms with Crippen molar-refractivity contribution in [2.24, 2.45) is 0 Å². The smallest absolute Gasteiger partial charge is 0.251 e. The quantitative estimate of drug-likeness (QED) is 0.701. The molecule has 1 aromatic heterocycles. The van der Waals surface area contributed by atoms with Gasteiger partial charge in [0, 0.05) is 22.6 Å². The van der Waals surface area contributed by atoms with Crippen molar-refractivity contribution in [3.05, 3.63) is 74.5 Å². The van der Waals surface area contributed by atoms with Crippen molar-refractivity contribution in [2.75, 3.05) is 6.54 Å². The molecule has 7 heteroatoms. The Hall–Kier alpha value is -2.15. The van der Waals surface area contributed by atoms with Gasteiger partial charge in [-0.15, -0.1) is 0 Å². The van der Waals surface area contributed by atoms with Crippen molar-refractivity contribution >= 4 is 32.5 Å². The van der Waals surface area contributed by atoms with Crippen molar-refractivity contribution in [1.29, 1.82) is 0 Å². The molecule has 2 N–H and O–H groups in total. The van der Waals surface area contributed by atoms with Gasteiger partial charge in [0.05, 0.1) is 4.90 Å². The molecule has 0 radical (unpaired) electrons. The van der Waals surface area contributed by atoms with Crippen molar-refractivity contribution < 1.29 is 8.42 Å².